The van der Waals surface area contributed by atoms with Crippen molar-refractivity contribution in [2.75, 3.05) is 29.1 Å². The van der Waals surface area contributed by atoms with Crippen molar-refractivity contribution < 1.29 is 26.5 Å². The van der Waals surface area contributed by atoms with E-state index < -0.39 is 32.5 Å². The predicted octanol–water partition coefficient (Wildman–Crippen LogP) is 6.20. The topological polar surface area (TPSA) is 105 Å². The van der Waals surface area contributed by atoms with Gasteiger partial charge in [-0.15, -0.1) is 0 Å². The molecule has 0 spiro atoms. The number of hydrogen-bond acceptors (Lipinski definition) is 7. The average Bonchev–Trinajstić information content (AvgIpc) is 3.39. The van der Waals surface area contributed by atoms with Crippen LogP contribution in [0, 0.1) is 11.6 Å². The van der Waals surface area contributed by atoms with E-state index in [1.54, 1.807) is 37.3 Å². The number of nitrogens with zero attached hydrogens (tertiary/aromatic N) is 3. The molecule has 0 radical (unpaired) electrons. The first-order valence-corrected chi connectivity index (χ1v) is 15.6. The monoisotopic (exact) mass is 632 g/mol. The summed E-state index contributed by atoms with van der Waals surface area (Å²) in [6.45, 7) is 2.23. The van der Waals surface area contributed by atoms with Gasteiger partial charge in [-0.05, 0) is 67.3 Å². The summed E-state index contributed by atoms with van der Waals surface area (Å²) in [6.07, 6.45) is 1.81. The largest absolute Gasteiger partial charge is 0.362 e. The van der Waals surface area contributed by atoms with Gasteiger partial charge in [-0.2, -0.15) is 4.98 Å². The maximum Gasteiger partial charge on any atom is 0.263 e. The number of amides is 1. The Hall–Kier alpha value is -3.54. The van der Waals surface area contributed by atoms with Crippen molar-refractivity contribution in [3.63, 3.8) is 0 Å². The number of sulfone groups is 1. The molecule has 1 saturated carbocycles. The molecule has 2 aliphatic rings. The molecule has 0 unspecified atom stereocenters. The van der Waals surface area contributed by atoms with Gasteiger partial charge >= 0.3 is 0 Å². The predicted molar refractivity (Wildman–Crippen MR) is 155 cm³/mol. The normalized spacial score (nSPS) is 15.5. The molecule has 1 amide bonds. The van der Waals surface area contributed by atoms with Crippen LogP contribution in [0.15, 0.2) is 57.9 Å². The number of benzene rings is 3. The van der Waals surface area contributed by atoms with Crippen molar-refractivity contribution >= 4 is 50.3 Å². The number of hydrogen-bond donors (Lipinski definition) is 1. The SMILES string of the molecule is CCS(=O)(=O)c1ccc2c(c1)CCN2CC(=O)Nc1cc(Cl)c(C2(c3noc(-c4c(F)cccc4F)n3)CC2)c(Cl)c1. The zero-order valence-electron chi connectivity index (χ0n) is 22.3. The highest BCUT2D eigenvalue weighted by Gasteiger charge is 2.52. The Bertz CT molecular complexity index is 1800. The Kier molecular flexibility index (Phi) is 7.23. The number of halogens is 4. The molecule has 8 nitrogen and oxygen atoms in total. The number of nitrogens with one attached hydrogen (secondary N) is 1. The van der Waals surface area contributed by atoms with Crippen LogP contribution in [0.2, 0.25) is 10.0 Å². The van der Waals surface area contributed by atoms with Gasteiger partial charge in [-0.25, -0.2) is 17.2 Å². The molecule has 1 aliphatic carbocycles. The van der Waals surface area contributed by atoms with Gasteiger partial charge in [0.2, 0.25) is 5.91 Å². The van der Waals surface area contributed by atoms with Crippen LogP contribution in [0.1, 0.15) is 36.7 Å². The molecule has 1 fully saturated rings. The van der Waals surface area contributed by atoms with E-state index in [1.807, 2.05) is 4.90 Å². The van der Waals surface area contributed by atoms with Gasteiger partial charge in [0.1, 0.15) is 17.2 Å². The molecule has 4 aromatic rings. The summed E-state index contributed by atoms with van der Waals surface area (Å²) in [7, 11) is -3.32. The van der Waals surface area contributed by atoms with E-state index in [0.717, 1.165) is 23.4 Å². The van der Waals surface area contributed by atoms with Gasteiger partial charge < -0.3 is 14.7 Å². The van der Waals surface area contributed by atoms with Crippen LogP contribution in [-0.4, -0.2) is 43.3 Å². The van der Waals surface area contributed by atoms with Crippen molar-refractivity contribution in [3.8, 4) is 11.5 Å². The van der Waals surface area contributed by atoms with Gasteiger partial charge in [0.15, 0.2) is 15.7 Å². The molecule has 218 valence electrons. The van der Waals surface area contributed by atoms with Crippen LogP contribution in [0.4, 0.5) is 20.2 Å². The molecule has 6 rings (SSSR count). The minimum atomic E-state index is -3.32. The zero-order valence-corrected chi connectivity index (χ0v) is 24.6. The summed E-state index contributed by atoms with van der Waals surface area (Å²) in [5.41, 5.74) is 1.43. The molecule has 0 bridgehead atoms. The molecule has 1 N–H and O–H groups in total. The number of anilines is 2. The standard InChI is InChI=1S/C29H24Cl2F2N4O4S/c1-2-42(39,40)18-6-7-23-16(12-18)8-11-37(23)15-24(38)34-17-13-19(30)26(20(31)14-17)29(9-10-29)28-35-27(41-36-28)25-21(32)4-3-5-22(25)33/h3-7,12-14H,2,8-11,15H2,1H3,(H,34,38). The first kappa shape index (κ1) is 28.6. The van der Waals surface area contributed by atoms with E-state index in [-0.39, 0.29) is 44.9 Å². The fourth-order valence-electron chi connectivity index (χ4n) is 5.38. The maximum absolute atomic E-state index is 14.3. The molecule has 0 atom stereocenters. The molecular weight excluding hydrogens is 609 g/mol. The van der Waals surface area contributed by atoms with Gasteiger partial charge in [0, 0.05) is 33.5 Å². The lowest BCUT2D eigenvalue weighted by atomic mass is 9.94. The van der Waals surface area contributed by atoms with E-state index in [2.05, 4.69) is 15.5 Å². The minimum Gasteiger partial charge on any atom is -0.362 e. The molecule has 2 heterocycles. The number of rotatable bonds is 8. The lowest BCUT2D eigenvalue weighted by molar-refractivity contribution is -0.115. The van der Waals surface area contributed by atoms with Crippen molar-refractivity contribution in [2.24, 2.45) is 0 Å². The van der Waals surface area contributed by atoms with Crippen LogP contribution >= 0.6 is 23.2 Å². The van der Waals surface area contributed by atoms with E-state index >= 15 is 0 Å². The van der Waals surface area contributed by atoms with Crippen LogP contribution in [0.25, 0.3) is 11.5 Å². The summed E-state index contributed by atoms with van der Waals surface area (Å²) in [4.78, 5) is 19.4. The van der Waals surface area contributed by atoms with Gasteiger partial charge in [0.05, 0.1) is 22.6 Å². The van der Waals surface area contributed by atoms with Crippen LogP contribution in [0.3, 0.4) is 0 Å². The number of carbonyl (C=O) groups excluding carboxylic acids is 1. The zero-order chi connectivity index (χ0) is 29.8. The van der Waals surface area contributed by atoms with Crippen molar-refractivity contribution in [1.82, 2.24) is 10.1 Å². The second-order valence-electron chi connectivity index (χ2n) is 10.3. The molecule has 3 aromatic carbocycles. The Morgan fingerprint density at radius 3 is 2.43 bits per heavy atom. The van der Waals surface area contributed by atoms with E-state index in [1.165, 1.54) is 6.07 Å². The third kappa shape index (κ3) is 5.03. The summed E-state index contributed by atoms with van der Waals surface area (Å²) in [5, 5.41) is 7.36. The quantitative estimate of drug-likeness (QED) is 0.247. The van der Waals surface area contributed by atoms with E-state index in [9.17, 15) is 22.0 Å². The fourth-order valence-corrected chi connectivity index (χ4v) is 7.16. The minimum absolute atomic E-state index is 0.0206. The average molecular weight is 634 g/mol. The van der Waals surface area contributed by atoms with Crippen molar-refractivity contribution in [1.29, 1.82) is 0 Å². The molecule has 0 saturated heterocycles. The number of carbonyl (C=O) groups is 1. The number of fused-ring (bicyclic) bond motifs is 1. The van der Waals surface area contributed by atoms with Crippen molar-refractivity contribution in [3.05, 3.63) is 87.2 Å². The van der Waals surface area contributed by atoms with Gasteiger partial charge in [0.25, 0.3) is 5.89 Å². The van der Waals surface area contributed by atoms with E-state index in [4.69, 9.17) is 27.7 Å². The molecule has 42 heavy (non-hydrogen) atoms. The Morgan fingerprint density at radius 1 is 1.10 bits per heavy atom. The highest BCUT2D eigenvalue weighted by atomic mass is 35.5. The summed E-state index contributed by atoms with van der Waals surface area (Å²) >= 11 is 13.3. The third-order valence-electron chi connectivity index (χ3n) is 7.70. The first-order chi connectivity index (χ1) is 20.0. The second kappa shape index (κ2) is 10.6. The summed E-state index contributed by atoms with van der Waals surface area (Å²) in [5.74, 6) is -2.00. The number of aromatic nitrogens is 2. The lowest BCUT2D eigenvalue weighted by Gasteiger charge is -2.20. The second-order valence-corrected chi connectivity index (χ2v) is 13.4. The van der Waals surface area contributed by atoms with E-state index in [0.29, 0.717) is 37.1 Å². The third-order valence-corrected chi connectivity index (χ3v) is 10.0. The van der Waals surface area contributed by atoms with Crippen LogP contribution in [0.5, 0.6) is 0 Å². The highest BCUT2D eigenvalue weighted by Crippen LogP contribution is 2.57. The molecular formula is C29H24Cl2F2N4O4S. The smallest absolute Gasteiger partial charge is 0.263 e. The summed E-state index contributed by atoms with van der Waals surface area (Å²) in [6, 6.07) is 11.6. The highest BCUT2D eigenvalue weighted by molar-refractivity contribution is 7.91. The van der Waals surface area contributed by atoms with Crippen LogP contribution in [-0.2, 0) is 26.5 Å². The van der Waals surface area contributed by atoms with Crippen molar-refractivity contribution in [2.45, 2.75) is 36.5 Å². The fraction of sp³-hybridized carbons (Fsp3) is 0.276. The summed E-state index contributed by atoms with van der Waals surface area (Å²) < 4.78 is 58.2. The van der Waals surface area contributed by atoms with Gasteiger partial charge in [-0.1, -0.05) is 41.3 Å². The molecule has 1 aliphatic heterocycles. The Labute approximate surface area is 250 Å². The Morgan fingerprint density at radius 2 is 1.79 bits per heavy atom. The first-order valence-electron chi connectivity index (χ1n) is 13.2. The maximum atomic E-state index is 14.3. The lowest BCUT2D eigenvalue weighted by Crippen LogP contribution is -2.31. The Balaban J connectivity index is 1.19. The van der Waals surface area contributed by atoms with Gasteiger partial charge in [-0.3, -0.25) is 4.79 Å². The molecule has 13 heteroatoms. The molecule has 1 aromatic heterocycles. The van der Waals surface area contributed by atoms with Crippen LogP contribution < -0.4 is 10.2 Å².